The summed E-state index contributed by atoms with van der Waals surface area (Å²) in [6.07, 6.45) is 9.05. The molecule has 0 unspecified atom stereocenters. The van der Waals surface area contributed by atoms with Gasteiger partial charge in [0.15, 0.2) is 0 Å². The molecule has 0 amide bonds. The molecule has 1 aliphatic rings. The molecule has 21 heavy (non-hydrogen) atoms. The summed E-state index contributed by atoms with van der Waals surface area (Å²) in [5.41, 5.74) is 1.35. The maximum absolute atomic E-state index is 4.34. The molecule has 1 aromatic rings. The van der Waals surface area contributed by atoms with Crippen LogP contribution in [-0.4, -0.2) is 36.1 Å². The van der Waals surface area contributed by atoms with Gasteiger partial charge in [-0.05, 0) is 34.0 Å². The van der Waals surface area contributed by atoms with Crippen molar-refractivity contribution in [3.05, 3.63) is 28.5 Å². The lowest BCUT2D eigenvalue weighted by Gasteiger charge is -2.35. The summed E-state index contributed by atoms with van der Waals surface area (Å²) >= 11 is 3.54. The lowest BCUT2D eigenvalue weighted by Crippen LogP contribution is -2.45. The smallest absolute Gasteiger partial charge is 0.0410 e. The van der Waals surface area contributed by atoms with Gasteiger partial charge in [-0.1, -0.05) is 26.2 Å². The molecule has 0 aromatic carbocycles. The number of aromatic nitrogens is 1. The van der Waals surface area contributed by atoms with Crippen LogP contribution in [0.2, 0.25) is 0 Å². The van der Waals surface area contributed by atoms with Gasteiger partial charge in [0.1, 0.15) is 0 Å². The van der Waals surface area contributed by atoms with Gasteiger partial charge < -0.3 is 5.32 Å². The van der Waals surface area contributed by atoms with Gasteiger partial charge in [-0.2, -0.15) is 0 Å². The van der Waals surface area contributed by atoms with Gasteiger partial charge >= 0.3 is 0 Å². The van der Waals surface area contributed by atoms with E-state index in [0.717, 1.165) is 30.7 Å². The fourth-order valence-electron chi connectivity index (χ4n) is 2.75. The largest absolute Gasteiger partial charge is 0.314 e. The number of hydrogen-bond acceptors (Lipinski definition) is 3. The van der Waals surface area contributed by atoms with Gasteiger partial charge in [0.05, 0.1) is 0 Å². The molecule has 6 heteroatoms. The van der Waals surface area contributed by atoms with Crippen molar-refractivity contribution >= 4 is 40.7 Å². The van der Waals surface area contributed by atoms with Crippen LogP contribution in [0.25, 0.3) is 0 Å². The van der Waals surface area contributed by atoms with Gasteiger partial charge in [0.25, 0.3) is 0 Å². The number of halogens is 3. The zero-order chi connectivity index (χ0) is 13.5. The van der Waals surface area contributed by atoms with Crippen LogP contribution in [0, 0.1) is 0 Å². The van der Waals surface area contributed by atoms with Crippen molar-refractivity contribution in [2.75, 3.05) is 26.2 Å². The molecule has 1 fully saturated rings. The molecule has 3 nitrogen and oxygen atoms in total. The average molecular weight is 399 g/mol. The zero-order valence-electron chi connectivity index (χ0n) is 12.6. The summed E-state index contributed by atoms with van der Waals surface area (Å²) in [7, 11) is 0. The molecule has 1 aromatic heterocycles. The van der Waals surface area contributed by atoms with Crippen molar-refractivity contribution in [1.82, 2.24) is 15.2 Å². The van der Waals surface area contributed by atoms with Crippen LogP contribution in [0.3, 0.4) is 0 Å². The van der Waals surface area contributed by atoms with Crippen molar-refractivity contribution in [3.63, 3.8) is 0 Å². The number of nitrogens with one attached hydrogen (secondary N) is 1. The highest BCUT2D eigenvalue weighted by Crippen LogP contribution is 2.28. The van der Waals surface area contributed by atoms with E-state index in [2.05, 4.69) is 44.1 Å². The molecule has 0 aliphatic carbocycles. The van der Waals surface area contributed by atoms with Crippen molar-refractivity contribution in [2.24, 2.45) is 0 Å². The van der Waals surface area contributed by atoms with Gasteiger partial charge in [-0.15, -0.1) is 24.8 Å². The van der Waals surface area contributed by atoms with E-state index in [0.29, 0.717) is 6.04 Å². The quantitative estimate of drug-likeness (QED) is 0.727. The Morgan fingerprint density at radius 1 is 1.24 bits per heavy atom. The number of piperazine rings is 1. The number of hydrogen-bond donors (Lipinski definition) is 1. The second-order valence-electron chi connectivity index (χ2n) is 5.23. The van der Waals surface area contributed by atoms with Crippen molar-refractivity contribution in [1.29, 1.82) is 0 Å². The number of rotatable bonds is 6. The highest BCUT2D eigenvalue weighted by atomic mass is 79.9. The fourth-order valence-corrected chi connectivity index (χ4v) is 3.13. The van der Waals surface area contributed by atoms with E-state index in [1.807, 2.05) is 12.4 Å². The van der Waals surface area contributed by atoms with Crippen molar-refractivity contribution in [2.45, 2.75) is 38.6 Å². The van der Waals surface area contributed by atoms with Crippen LogP contribution in [-0.2, 0) is 0 Å². The second kappa shape index (κ2) is 11.7. The molecule has 0 spiro atoms. The molecule has 2 heterocycles. The maximum Gasteiger partial charge on any atom is 0.0410 e. The molecule has 1 aliphatic heterocycles. The minimum Gasteiger partial charge on any atom is -0.314 e. The summed E-state index contributed by atoms with van der Waals surface area (Å²) in [6.45, 7) is 6.75. The van der Waals surface area contributed by atoms with Crippen molar-refractivity contribution in [3.8, 4) is 0 Å². The van der Waals surface area contributed by atoms with Gasteiger partial charge in [0, 0.05) is 49.1 Å². The molecule has 122 valence electrons. The highest BCUT2D eigenvalue weighted by Gasteiger charge is 2.22. The van der Waals surface area contributed by atoms with E-state index >= 15 is 0 Å². The Labute approximate surface area is 149 Å². The standard InChI is InChI=1S/C15H24BrN3.2ClH/c1-2-3-4-5-15(19-8-6-17-7-9-19)13-10-14(16)12-18-11-13;;/h10-12,15,17H,2-9H2,1H3;2*1H/t15-;;/m1../s1. The van der Waals surface area contributed by atoms with E-state index in [9.17, 15) is 0 Å². The van der Waals surface area contributed by atoms with E-state index in [1.54, 1.807) is 0 Å². The normalized spacial score (nSPS) is 16.7. The highest BCUT2D eigenvalue weighted by molar-refractivity contribution is 9.10. The van der Waals surface area contributed by atoms with E-state index < -0.39 is 0 Å². The Morgan fingerprint density at radius 2 is 1.95 bits per heavy atom. The molecule has 0 radical (unpaired) electrons. The maximum atomic E-state index is 4.34. The Hall–Kier alpha value is 0.130. The SMILES string of the molecule is CCCCC[C@H](c1cncc(Br)c1)N1CCNCC1.Cl.Cl. The summed E-state index contributed by atoms with van der Waals surface area (Å²) in [6, 6.07) is 2.75. The first-order valence-electron chi connectivity index (χ1n) is 7.36. The molecule has 0 bridgehead atoms. The minimum absolute atomic E-state index is 0. The van der Waals surface area contributed by atoms with Gasteiger partial charge in [-0.25, -0.2) is 0 Å². The first-order chi connectivity index (χ1) is 9.31. The Bertz CT molecular complexity index is 387. The average Bonchev–Trinajstić information content (AvgIpc) is 2.45. The summed E-state index contributed by atoms with van der Waals surface area (Å²) in [5, 5.41) is 3.43. The van der Waals surface area contributed by atoms with Crippen LogP contribution in [0.1, 0.15) is 44.2 Å². The monoisotopic (exact) mass is 397 g/mol. The topological polar surface area (TPSA) is 28.2 Å². The van der Waals surface area contributed by atoms with Crippen molar-refractivity contribution < 1.29 is 0 Å². The van der Waals surface area contributed by atoms with E-state index in [1.165, 1.54) is 31.2 Å². The number of nitrogens with zero attached hydrogens (tertiary/aromatic N) is 2. The molecular weight excluding hydrogens is 373 g/mol. The van der Waals surface area contributed by atoms with Gasteiger partial charge in [0.2, 0.25) is 0 Å². The Morgan fingerprint density at radius 3 is 2.57 bits per heavy atom. The molecule has 1 atom stereocenters. The number of unbranched alkanes of at least 4 members (excludes halogenated alkanes) is 2. The minimum atomic E-state index is 0. The fraction of sp³-hybridized carbons (Fsp3) is 0.667. The molecule has 0 saturated carbocycles. The Kier molecular flexibility index (Phi) is 11.7. The van der Waals surface area contributed by atoms with Crippen LogP contribution < -0.4 is 5.32 Å². The Balaban J connectivity index is 0.00000200. The summed E-state index contributed by atoms with van der Waals surface area (Å²) in [5.74, 6) is 0. The van der Waals surface area contributed by atoms with Crippen LogP contribution >= 0.6 is 40.7 Å². The first kappa shape index (κ1) is 21.1. The second-order valence-corrected chi connectivity index (χ2v) is 6.15. The van der Waals surface area contributed by atoms with E-state index in [-0.39, 0.29) is 24.8 Å². The molecular formula is C15H26BrCl2N3. The molecule has 2 rings (SSSR count). The van der Waals surface area contributed by atoms with Gasteiger partial charge in [-0.3, -0.25) is 9.88 Å². The molecule has 1 saturated heterocycles. The third kappa shape index (κ3) is 6.83. The lowest BCUT2D eigenvalue weighted by atomic mass is 9.99. The van der Waals surface area contributed by atoms with E-state index in [4.69, 9.17) is 0 Å². The summed E-state index contributed by atoms with van der Waals surface area (Å²) in [4.78, 5) is 6.95. The third-order valence-electron chi connectivity index (χ3n) is 3.78. The predicted molar refractivity (Wildman–Crippen MR) is 97.8 cm³/mol. The third-order valence-corrected chi connectivity index (χ3v) is 4.22. The number of pyridine rings is 1. The van der Waals surface area contributed by atoms with Crippen LogP contribution in [0.5, 0.6) is 0 Å². The first-order valence-corrected chi connectivity index (χ1v) is 8.15. The zero-order valence-corrected chi connectivity index (χ0v) is 15.8. The molecule has 1 N–H and O–H groups in total. The summed E-state index contributed by atoms with van der Waals surface area (Å²) < 4.78 is 1.08. The lowest BCUT2D eigenvalue weighted by molar-refractivity contribution is 0.162. The van der Waals surface area contributed by atoms with Crippen LogP contribution in [0.15, 0.2) is 22.9 Å². The van der Waals surface area contributed by atoms with Crippen LogP contribution in [0.4, 0.5) is 0 Å². The predicted octanol–water partition coefficient (Wildman–Crippen LogP) is 4.21.